The van der Waals surface area contributed by atoms with Crippen LogP contribution in [-0.2, 0) is 4.79 Å². The zero-order chi connectivity index (χ0) is 19.7. The van der Waals surface area contributed by atoms with Crippen LogP contribution in [0.15, 0.2) is 83.5 Å². The van der Waals surface area contributed by atoms with E-state index in [1.165, 1.54) is 11.0 Å². The molecule has 0 spiro atoms. The van der Waals surface area contributed by atoms with Crippen LogP contribution in [-0.4, -0.2) is 11.7 Å². The summed E-state index contributed by atoms with van der Waals surface area (Å²) in [5.74, 6) is -0.469. The minimum absolute atomic E-state index is 0.237. The maximum Gasteiger partial charge on any atom is 0.282 e. The van der Waals surface area contributed by atoms with Crippen LogP contribution >= 0.6 is 11.6 Å². The van der Waals surface area contributed by atoms with Crippen molar-refractivity contribution in [2.45, 2.75) is 6.92 Å². The third-order valence-electron chi connectivity index (χ3n) is 4.44. The topological polar surface area (TPSA) is 32.7 Å². The lowest BCUT2D eigenvalue weighted by molar-refractivity contribution is -0.113. The number of carbonyl (C=O) groups excluding carboxylic acids is 1. The van der Waals surface area contributed by atoms with Crippen molar-refractivity contribution in [3.05, 3.63) is 106 Å². The standard InChI is InChI=1S/C23H16ClFN2O/c1-15-6-12-18(13-7-15)27-22(19-4-2-3-5-20(19)25)26-21(23(27)28)14-16-8-10-17(24)11-9-16/h2-14H,1H3/b21-14+. The highest BCUT2D eigenvalue weighted by Gasteiger charge is 2.33. The van der Waals surface area contributed by atoms with Gasteiger partial charge in [0, 0.05) is 5.02 Å². The van der Waals surface area contributed by atoms with Crippen LogP contribution in [0.25, 0.3) is 6.08 Å². The molecule has 0 fully saturated rings. The molecule has 0 saturated carbocycles. The maximum absolute atomic E-state index is 14.5. The maximum atomic E-state index is 14.5. The van der Waals surface area contributed by atoms with Gasteiger partial charge in [0.1, 0.15) is 11.5 Å². The van der Waals surface area contributed by atoms with Gasteiger partial charge in [0.2, 0.25) is 0 Å². The van der Waals surface area contributed by atoms with Crippen LogP contribution in [0, 0.1) is 12.7 Å². The molecule has 4 rings (SSSR count). The Morgan fingerprint density at radius 1 is 0.964 bits per heavy atom. The van der Waals surface area contributed by atoms with E-state index in [9.17, 15) is 9.18 Å². The lowest BCUT2D eigenvalue weighted by Gasteiger charge is -2.19. The predicted molar refractivity (Wildman–Crippen MR) is 111 cm³/mol. The highest BCUT2D eigenvalue weighted by molar-refractivity contribution is 6.33. The molecule has 0 atom stereocenters. The number of hydrogen-bond acceptors (Lipinski definition) is 2. The summed E-state index contributed by atoms with van der Waals surface area (Å²) < 4.78 is 14.5. The first kappa shape index (κ1) is 18.1. The van der Waals surface area contributed by atoms with E-state index in [1.54, 1.807) is 48.5 Å². The molecule has 3 aromatic carbocycles. The quantitative estimate of drug-likeness (QED) is 0.534. The van der Waals surface area contributed by atoms with Crippen molar-refractivity contribution < 1.29 is 9.18 Å². The fraction of sp³-hybridized carbons (Fsp3) is 0.0435. The minimum Gasteiger partial charge on any atom is -0.266 e. The molecule has 0 aromatic heterocycles. The third-order valence-corrected chi connectivity index (χ3v) is 4.69. The fourth-order valence-electron chi connectivity index (χ4n) is 2.99. The Hall–Kier alpha value is -3.24. The summed E-state index contributed by atoms with van der Waals surface area (Å²) in [7, 11) is 0. The first-order valence-electron chi connectivity index (χ1n) is 8.75. The second-order valence-electron chi connectivity index (χ2n) is 6.47. The lowest BCUT2D eigenvalue weighted by Crippen LogP contribution is -2.33. The average molecular weight is 391 g/mol. The summed E-state index contributed by atoms with van der Waals surface area (Å²) >= 11 is 5.93. The van der Waals surface area contributed by atoms with Crippen LogP contribution < -0.4 is 4.90 Å². The van der Waals surface area contributed by atoms with Crippen molar-refractivity contribution >= 4 is 35.1 Å². The van der Waals surface area contributed by atoms with Gasteiger partial charge in [-0.25, -0.2) is 9.38 Å². The Bertz CT molecular complexity index is 1100. The molecule has 28 heavy (non-hydrogen) atoms. The smallest absolute Gasteiger partial charge is 0.266 e. The van der Waals surface area contributed by atoms with Crippen molar-refractivity contribution in [3.63, 3.8) is 0 Å². The number of carbonyl (C=O) groups is 1. The van der Waals surface area contributed by atoms with Gasteiger partial charge in [-0.1, -0.05) is 53.6 Å². The molecule has 0 radical (unpaired) electrons. The molecule has 0 unspecified atom stereocenters. The summed E-state index contributed by atoms with van der Waals surface area (Å²) in [5, 5.41) is 0.608. The van der Waals surface area contributed by atoms with E-state index in [2.05, 4.69) is 4.99 Å². The van der Waals surface area contributed by atoms with E-state index in [0.29, 0.717) is 10.7 Å². The lowest BCUT2D eigenvalue weighted by atomic mass is 10.1. The van der Waals surface area contributed by atoms with Gasteiger partial charge in [-0.05, 0) is 55.0 Å². The second kappa shape index (κ2) is 7.41. The van der Waals surface area contributed by atoms with Crippen LogP contribution in [0.2, 0.25) is 5.02 Å². The number of hydrogen-bond donors (Lipinski definition) is 0. The normalized spacial score (nSPS) is 15.2. The van der Waals surface area contributed by atoms with Crippen molar-refractivity contribution in [1.82, 2.24) is 0 Å². The zero-order valence-corrected chi connectivity index (χ0v) is 15.8. The van der Waals surface area contributed by atoms with Gasteiger partial charge >= 0.3 is 0 Å². The average Bonchev–Trinajstić information content (AvgIpc) is 3.01. The third kappa shape index (κ3) is 3.47. The van der Waals surface area contributed by atoms with Gasteiger partial charge in [-0.3, -0.25) is 9.69 Å². The van der Waals surface area contributed by atoms with Gasteiger partial charge in [-0.2, -0.15) is 0 Å². The molecule has 1 heterocycles. The number of amides is 1. The van der Waals surface area contributed by atoms with Gasteiger partial charge in [-0.15, -0.1) is 0 Å². The summed E-state index contributed by atoms with van der Waals surface area (Å²) in [6.07, 6.45) is 1.67. The molecule has 0 bridgehead atoms. The Kier molecular flexibility index (Phi) is 4.80. The zero-order valence-electron chi connectivity index (χ0n) is 15.1. The van der Waals surface area contributed by atoms with E-state index >= 15 is 0 Å². The largest absolute Gasteiger partial charge is 0.282 e. The number of amidine groups is 1. The number of aliphatic imine (C=N–C) groups is 1. The molecule has 5 heteroatoms. The Balaban J connectivity index is 1.84. The first-order chi connectivity index (χ1) is 13.5. The molecular weight excluding hydrogens is 375 g/mol. The highest BCUT2D eigenvalue weighted by Crippen LogP contribution is 2.29. The van der Waals surface area contributed by atoms with Gasteiger partial charge < -0.3 is 0 Å². The number of anilines is 1. The summed E-state index contributed by atoms with van der Waals surface area (Å²) in [5.41, 5.74) is 3.00. The first-order valence-corrected chi connectivity index (χ1v) is 9.13. The number of aryl methyl sites for hydroxylation is 1. The molecular formula is C23H16ClFN2O. The fourth-order valence-corrected chi connectivity index (χ4v) is 3.12. The number of rotatable bonds is 3. The molecule has 3 nitrogen and oxygen atoms in total. The molecule has 0 aliphatic carbocycles. The summed E-state index contributed by atoms with van der Waals surface area (Å²) in [6.45, 7) is 1.97. The van der Waals surface area contributed by atoms with E-state index in [4.69, 9.17) is 11.6 Å². The summed E-state index contributed by atoms with van der Waals surface area (Å²) in [4.78, 5) is 19.1. The van der Waals surface area contributed by atoms with Crippen molar-refractivity contribution in [1.29, 1.82) is 0 Å². The monoisotopic (exact) mass is 390 g/mol. The molecule has 138 valence electrons. The van der Waals surface area contributed by atoms with Gasteiger partial charge in [0.05, 0.1) is 11.3 Å². The second-order valence-corrected chi connectivity index (χ2v) is 6.91. The van der Waals surface area contributed by atoms with E-state index in [-0.39, 0.29) is 23.0 Å². The SMILES string of the molecule is Cc1ccc(N2C(=O)/C(=C\c3ccc(Cl)cc3)N=C2c2ccccc2F)cc1. The Morgan fingerprint density at radius 2 is 1.64 bits per heavy atom. The molecule has 0 saturated heterocycles. The molecule has 1 aliphatic heterocycles. The van der Waals surface area contributed by atoms with Crippen molar-refractivity contribution in [3.8, 4) is 0 Å². The van der Waals surface area contributed by atoms with Crippen molar-refractivity contribution in [2.24, 2.45) is 4.99 Å². The van der Waals surface area contributed by atoms with Gasteiger partial charge in [0.15, 0.2) is 5.84 Å². The molecule has 0 N–H and O–H groups in total. The number of nitrogens with zero attached hydrogens (tertiary/aromatic N) is 2. The Morgan fingerprint density at radius 3 is 2.32 bits per heavy atom. The highest BCUT2D eigenvalue weighted by atomic mass is 35.5. The Labute approximate surface area is 167 Å². The predicted octanol–water partition coefficient (Wildman–Crippen LogP) is 5.62. The number of halogens is 2. The van der Waals surface area contributed by atoms with Crippen LogP contribution in [0.3, 0.4) is 0 Å². The minimum atomic E-state index is -0.432. The van der Waals surface area contributed by atoms with E-state index < -0.39 is 5.82 Å². The van der Waals surface area contributed by atoms with Crippen LogP contribution in [0.4, 0.5) is 10.1 Å². The van der Waals surface area contributed by atoms with E-state index in [1.807, 2.05) is 31.2 Å². The van der Waals surface area contributed by atoms with Gasteiger partial charge in [0.25, 0.3) is 5.91 Å². The van der Waals surface area contributed by atoms with Crippen molar-refractivity contribution in [2.75, 3.05) is 4.90 Å². The van der Waals surface area contributed by atoms with E-state index in [0.717, 1.165) is 11.1 Å². The summed E-state index contributed by atoms with van der Waals surface area (Å²) in [6, 6.07) is 20.9. The molecule has 1 aliphatic rings. The number of benzene rings is 3. The molecule has 1 amide bonds. The van der Waals surface area contributed by atoms with Crippen LogP contribution in [0.5, 0.6) is 0 Å². The van der Waals surface area contributed by atoms with Crippen LogP contribution in [0.1, 0.15) is 16.7 Å². The molecule has 3 aromatic rings.